The predicted molar refractivity (Wildman–Crippen MR) is 224 cm³/mol. The van der Waals surface area contributed by atoms with Crippen LogP contribution in [-0.4, -0.2) is 155 Å². The van der Waals surface area contributed by atoms with E-state index in [-0.39, 0.29) is 50.5 Å². The van der Waals surface area contributed by atoms with Gasteiger partial charge in [-0.3, -0.25) is 52.9 Å². The fraction of sp³-hybridized carbons (Fsp3) is 0.667. The lowest BCUT2D eigenvalue weighted by Gasteiger charge is -2.27. The molecule has 7 atom stereocenters. The van der Waals surface area contributed by atoms with Crippen molar-refractivity contribution in [3.05, 3.63) is 0 Å². The van der Waals surface area contributed by atoms with Gasteiger partial charge in [0.15, 0.2) is 5.96 Å². The van der Waals surface area contributed by atoms with Crippen molar-refractivity contribution >= 4 is 71.1 Å². The first-order chi connectivity index (χ1) is 29.9. The molecule has 9 amide bonds. The van der Waals surface area contributed by atoms with Crippen LogP contribution in [0.25, 0.3) is 0 Å². The lowest BCUT2D eigenvalue weighted by molar-refractivity contribution is -0.143. The molecule has 0 rings (SSSR count). The van der Waals surface area contributed by atoms with E-state index in [4.69, 9.17) is 34.4 Å². The highest BCUT2D eigenvalue weighted by Gasteiger charge is 2.34. The number of amides is 9. The van der Waals surface area contributed by atoms with E-state index in [2.05, 4.69) is 42.2 Å². The number of nitrogens with one attached hydrogen (secondary N) is 7. The summed E-state index contributed by atoms with van der Waals surface area (Å²) in [5.41, 5.74) is 32.5. The Hall–Kier alpha value is -6.68. The molecule has 0 aromatic heterocycles. The van der Waals surface area contributed by atoms with Gasteiger partial charge in [0.2, 0.25) is 53.2 Å². The fourth-order valence-corrected chi connectivity index (χ4v) is 5.55. The molecular formula is C36H64N14O14. The predicted octanol–water partition coefficient (Wildman–Crippen LogP) is -7.74. The minimum absolute atomic E-state index is 0.0348. The quantitative estimate of drug-likeness (QED) is 0.0165. The molecule has 22 N–H and O–H groups in total. The number of guanidine groups is 1. The van der Waals surface area contributed by atoms with Crippen molar-refractivity contribution in [1.82, 2.24) is 37.2 Å². The molecule has 0 unspecified atom stereocenters. The van der Waals surface area contributed by atoms with Crippen molar-refractivity contribution < 1.29 is 68.1 Å². The van der Waals surface area contributed by atoms with E-state index in [1.807, 2.05) is 0 Å². The largest absolute Gasteiger partial charge is 0.481 e. The third kappa shape index (κ3) is 24.7. The number of aliphatic carboxylic acids is 2. The number of carboxylic acid groups (broad SMARTS) is 2. The van der Waals surface area contributed by atoms with Gasteiger partial charge in [-0.15, -0.1) is 0 Å². The van der Waals surface area contributed by atoms with Crippen LogP contribution in [0.4, 0.5) is 0 Å². The number of unbranched alkanes of at least 4 members (excludes halogenated alkanes) is 1. The third-order valence-electron chi connectivity index (χ3n) is 8.83. The normalized spacial score (nSPS) is 14.1. The van der Waals surface area contributed by atoms with E-state index >= 15 is 0 Å². The van der Waals surface area contributed by atoms with Crippen molar-refractivity contribution in [1.29, 1.82) is 0 Å². The number of hydrogen-bond donors (Lipinski definition) is 16. The van der Waals surface area contributed by atoms with Crippen molar-refractivity contribution in [2.75, 3.05) is 26.2 Å². The van der Waals surface area contributed by atoms with E-state index in [9.17, 15) is 68.1 Å². The molecule has 362 valence electrons. The van der Waals surface area contributed by atoms with Gasteiger partial charge in [-0.1, -0.05) is 13.8 Å². The zero-order valence-corrected chi connectivity index (χ0v) is 35.8. The third-order valence-corrected chi connectivity index (χ3v) is 8.83. The lowest BCUT2D eigenvalue weighted by atomic mass is 10.0. The van der Waals surface area contributed by atoms with E-state index < -0.39 is 140 Å². The van der Waals surface area contributed by atoms with Crippen LogP contribution < -0.4 is 71.6 Å². The van der Waals surface area contributed by atoms with E-state index in [0.717, 1.165) is 0 Å². The highest BCUT2D eigenvalue weighted by atomic mass is 16.4. The smallest absolute Gasteiger partial charge is 0.326 e. The summed E-state index contributed by atoms with van der Waals surface area (Å²) in [6.45, 7) is 1.78. The molecule has 0 aliphatic heterocycles. The summed E-state index contributed by atoms with van der Waals surface area (Å²) >= 11 is 0. The van der Waals surface area contributed by atoms with Crippen LogP contribution in [0.2, 0.25) is 0 Å². The number of nitrogens with zero attached hydrogens (tertiary/aromatic N) is 1. The van der Waals surface area contributed by atoms with Crippen LogP contribution in [0.1, 0.15) is 78.1 Å². The number of nitrogens with two attached hydrogens (primary N) is 6. The Balaban J connectivity index is 6.06. The molecule has 0 heterocycles. The van der Waals surface area contributed by atoms with Gasteiger partial charge < -0.3 is 86.9 Å². The molecule has 0 aromatic carbocycles. The van der Waals surface area contributed by atoms with Crippen molar-refractivity contribution in [3.63, 3.8) is 0 Å². The molecule has 28 nitrogen and oxygen atoms in total. The maximum Gasteiger partial charge on any atom is 0.326 e. The number of primary amides is 2. The van der Waals surface area contributed by atoms with Gasteiger partial charge in [0.05, 0.1) is 32.0 Å². The van der Waals surface area contributed by atoms with Gasteiger partial charge in [0.25, 0.3) is 0 Å². The topological polar surface area (TPSA) is 501 Å². The second kappa shape index (κ2) is 30.4. The highest BCUT2D eigenvalue weighted by molar-refractivity contribution is 5.99. The molecule has 0 bridgehead atoms. The Labute approximate surface area is 367 Å². The van der Waals surface area contributed by atoms with Crippen LogP contribution in [0, 0.1) is 5.92 Å². The van der Waals surface area contributed by atoms with Crippen molar-refractivity contribution in [2.45, 2.75) is 120 Å². The van der Waals surface area contributed by atoms with Crippen LogP contribution in [0.15, 0.2) is 4.99 Å². The second-order valence-corrected chi connectivity index (χ2v) is 14.9. The molecule has 28 heteroatoms. The van der Waals surface area contributed by atoms with Crippen molar-refractivity contribution in [3.8, 4) is 0 Å². The number of hydrogen-bond acceptors (Lipinski definition) is 15. The summed E-state index contributed by atoms with van der Waals surface area (Å²) in [4.78, 5) is 142. The first-order valence-electron chi connectivity index (χ1n) is 20.1. The number of carboxylic acids is 2. The monoisotopic (exact) mass is 916 g/mol. The lowest BCUT2D eigenvalue weighted by Crippen LogP contribution is -2.60. The number of aliphatic hydroxyl groups excluding tert-OH is 1. The standard InChI is InChI=1S/C36H64N14O14/c1-17(2)12-21(47-33(61)22(13-26(40)53)48-31(59)19(8-9-25(39)52)46-29(57)18(38)6-5-11-43-36(41)42)32(60)50-24(16-51)34(62)49-23(14-28(55)56)30(58)44-15-27(54)45-20(35(63)64)7-3-4-10-37/h17-24,51H,3-16,37-38H2,1-2H3,(H2,39,52)(H2,40,53)(H,44,58)(H,45,54)(H,46,57)(H,47,61)(H,48,59)(H,49,62)(H,50,60)(H,55,56)(H,63,64)(H4,41,42,43)/t18-,19-,20-,21-,22-,23-,24-/m0/s1. The number of aliphatic imine (C=N–C) groups is 1. The van der Waals surface area contributed by atoms with E-state index in [1.165, 1.54) is 0 Å². The molecule has 0 radical (unpaired) electrons. The Morgan fingerprint density at radius 3 is 1.62 bits per heavy atom. The van der Waals surface area contributed by atoms with E-state index in [1.54, 1.807) is 13.8 Å². The van der Waals surface area contributed by atoms with Crippen molar-refractivity contribution in [2.24, 2.45) is 45.3 Å². The Bertz CT molecular complexity index is 1680. The maximum absolute atomic E-state index is 13.6. The average molecular weight is 917 g/mol. The molecule has 64 heavy (non-hydrogen) atoms. The highest BCUT2D eigenvalue weighted by Crippen LogP contribution is 2.09. The summed E-state index contributed by atoms with van der Waals surface area (Å²) in [5.74, 6) is -13.0. The van der Waals surface area contributed by atoms with E-state index in [0.29, 0.717) is 19.4 Å². The number of aliphatic hydroxyl groups is 1. The molecule has 0 saturated carbocycles. The summed E-state index contributed by atoms with van der Waals surface area (Å²) in [6, 6.07) is -11.1. The molecule has 0 spiro atoms. The summed E-state index contributed by atoms with van der Waals surface area (Å²) in [6.07, 6.45) is -1.55. The molecule has 0 aromatic rings. The Kier molecular flexibility index (Phi) is 27.2. The van der Waals surface area contributed by atoms with Gasteiger partial charge in [-0.25, -0.2) is 4.79 Å². The van der Waals surface area contributed by atoms with Crippen LogP contribution in [-0.2, 0) is 52.7 Å². The van der Waals surface area contributed by atoms with Gasteiger partial charge in [0, 0.05) is 13.0 Å². The van der Waals surface area contributed by atoms with Crippen LogP contribution in [0.5, 0.6) is 0 Å². The number of carbonyl (C=O) groups excluding carboxylic acids is 9. The summed E-state index contributed by atoms with van der Waals surface area (Å²) in [7, 11) is 0. The van der Waals surface area contributed by atoms with Crippen LogP contribution in [0.3, 0.4) is 0 Å². The number of carbonyl (C=O) groups is 11. The average Bonchev–Trinajstić information content (AvgIpc) is 3.19. The van der Waals surface area contributed by atoms with Gasteiger partial charge in [0.1, 0.15) is 36.3 Å². The first-order valence-corrected chi connectivity index (χ1v) is 20.1. The Morgan fingerprint density at radius 1 is 0.578 bits per heavy atom. The van der Waals surface area contributed by atoms with Gasteiger partial charge in [-0.05, 0) is 57.4 Å². The molecule has 0 aliphatic rings. The maximum atomic E-state index is 13.6. The zero-order chi connectivity index (χ0) is 49.1. The molecular weight excluding hydrogens is 852 g/mol. The number of rotatable bonds is 33. The second-order valence-electron chi connectivity index (χ2n) is 14.9. The van der Waals surface area contributed by atoms with Gasteiger partial charge >= 0.3 is 11.9 Å². The zero-order valence-electron chi connectivity index (χ0n) is 35.8. The summed E-state index contributed by atoms with van der Waals surface area (Å²) in [5, 5.41) is 44.3. The minimum Gasteiger partial charge on any atom is -0.481 e. The fourth-order valence-electron chi connectivity index (χ4n) is 5.55. The molecule has 0 saturated heterocycles. The molecule has 0 fully saturated rings. The Morgan fingerprint density at radius 2 is 1.11 bits per heavy atom. The van der Waals surface area contributed by atoms with Gasteiger partial charge in [-0.2, -0.15) is 0 Å². The molecule has 0 aliphatic carbocycles. The SMILES string of the molecule is CC(C)C[C@H](NC(=O)[C@H](CC(N)=O)NC(=O)[C@H](CCC(N)=O)NC(=O)[C@@H](N)CCCN=C(N)N)C(=O)N[C@@H](CO)C(=O)N[C@@H](CC(=O)O)C(=O)NCC(=O)N[C@@H](CCCCN)C(=O)O. The first kappa shape index (κ1) is 57.3. The van der Waals surface area contributed by atoms with Crippen LogP contribution >= 0.6 is 0 Å². The minimum atomic E-state index is -1.88. The summed E-state index contributed by atoms with van der Waals surface area (Å²) < 4.78 is 0.